The molecule has 1 aromatic rings. The summed E-state index contributed by atoms with van der Waals surface area (Å²) in [6.07, 6.45) is 8.07. The van der Waals surface area contributed by atoms with Gasteiger partial charge < -0.3 is 9.84 Å². The number of halogens is 1. The van der Waals surface area contributed by atoms with Gasteiger partial charge in [-0.25, -0.2) is 4.39 Å². The molecule has 0 bridgehead atoms. The highest BCUT2D eigenvalue weighted by Gasteiger charge is 2.20. The second-order valence-corrected chi connectivity index (χ2v) is 6.06. The van der Waals surface area contributed by atoms with Crippen LogP contribution in [-0.2, 0) is 4.74 Å². The van der Waals surface area contributed by atoms with Crippen LogP contribution < -0.4 is 0 Å². The van der Waals surface area contributed by atoms with Crippen LogP contribution >= 0.6 is 0 Å². The van der Waals surface area contributed by atoms with Gasteiger partial charge in [0.2, 0.25) is 0 Å². The fraction of sp³-hybridized carbons (Fsp3) is 0.400. The summed E-state index contributed by atoms with van der Waals surface area (Å²) in [6.45, 7) is 8.81. The zero-order chi connectivity index (χ0) is 16.8. The molecule has 124 valence electrons. The Bertz CT molecular complexity index is 629. The Hall–Kier alpha value is -1.87. The first-order valence-electron chi connectivity index (χ1n) is 8.16. The van der Waals surface area contributed by atoms with E-state index in [4.69, 9.17) is 4.74 Å². The molecule has 1 aromatic carbocycles. The van der Waals surface area contributed by atoms with E-state index in [1.165, 1.54) is 23.3 Å². The van der Waals surface area contributed by atoms with E-state index in [9.17, 15) is 9.50 Å². The topological polar surface area (TPSA) is 29.5 Å². The van der Waals surface area contributed by atoms with Crippen molar-refractivity contribution in [2.24, 2.45) is 0 Å². The van der Waals surface area contributed by atoms with Crippen LogP contribution in [0.1, 0.15) is 45.1 Å². The van der Waals surface area contributed by atoms with Crippen LogP contribution in [-0.4, -0.2) is 17.8 Å². The summed E-state index contributed by atoms with van der Waals surface area (Å²) in [5.74, 6) is -0.893. The van der Waals surface area contributed by atoms with E-state index in [-0.39, 0.29) is 11.9 Å². The van der Waals surface area contributed by atoms with Gasteiger partial charge in [0, 0.05) is 0 Å². The van der Waals surface area contributed by atoms with Gasteiger partial charge in [-0.1, -0.05) is 49.3 Å². The number of hydrogen-bond donors (Lipinski definition) is 1. The average molecular weight is 316 g/mol. The number of phenolic OH excluding ortho intramolecular Hbond substituents is 1. The monoisotopic (exact) mass is 316 g/mol. The summed E-state index contributed by atoms with van der Waals surface area (Å²) in [6, 6.07) is 4.50. The van der Waals surface area contributed by atoms with E-state index in [1.807, 2.05) is 13.0 Å². The molecule has 0 amide bonds. The summed E-state index contributed by atoms with van der Waals surface area (Å²) >= 11 is 0. The molecule has 1 aliphatic rings. The third-order valence-electron chi connectivity index (χ3n) is 4.08. The van der Waals surface area contributed by atoms with Gasteiger partial charge in [0.25, 0.3) is 0 Å². The van der Waals surface area contributed by atoms with Gasteiger partial charge in [0.15, 0.2) is 11.6 Å². The number of ether oxygens (including phenoxy) is 1. The molecule has 0 aromatic heterocycles. The van der Waals surface area contributed by atoms with Crippen molar-refractivity contribution < 1.29 is 14.2 Å². The SMILES string of the molecule is C=C(C)C1=CCOC1CC/C(=C/c1ccc(O)c(F)c1)CCC. The molecular weight excluding hydrogens is 291 g/mol. The Kier molecular flexibility index (Phi) is 6.17. The van der Waals surface area contributed by atoms with Gasteiger partial charge in [-0.2, -0.15) is 0 Å². The minimum Gasteiger partial charge on any atom is -0.505 e. The Balaban J connectivity index is 2.06. The predicted molar refractivity (Wildman–Crippen MR) is 92.8 cm³/mol. The van der Waals surface area contributed by atoms with Crippen molar-refractivity contribution >= 4 is 6.08 Å². The van der Waals surface area contributed by atoms with Crippen LogP contribution in [0.2, 0.25) is 0 Å². The lowest BCUT2D eigenvalue weighted by Gasteiger charge is -2.16. The van der Waals surface area contributed by atoms with Gasteiger partial charge in [-0.05, 0) is 49.5 Å². The van der Waals surface area contributed by atoms with E-state index < -0.39 is 5.82 Å². The van der Waals surface area contributed by atoms with Crippen LogP contribution in [0.3, 0.4) is 0 Å². The lowest BCUT2D eigenvalue weighted by molar-refractivity contribution is 0.116. The fourth-order valence-corrected chi connectivity index (χ4v) is 2.92. The third kappa shape index (κ3) is 4.80. The quantitative estimate of drug-likeness (QED) is 0.730. The first-order chi connectivity index (χ1) is 11.0. The average Bonchev–Trinajstić information content (AvgIpc) is 2.97. The van der Waals surface area contributed by atoms with Crippen LogP contribution in [0.5, 0.6) is 5.75 Å². The molecule has 0 spiro atoms. The summed E-state index contributed by atoms with van der Waals surface area (Å²) in [7, 11) is 0. The van der Waals surface area contributed by atoms with Gasteiger partial charge in [0.1, 0.15) is 0 Å². The molecule has 0 saturated carbocycles. The van der Waals surface area contributed by atoms with Crippen LogP contribution in [0, 0.1) is 5.82 Å². The molecule has 1 aliphatic heterocycles. The van der Waals surface area contributed by atoms with Crippen LogP contribution in [0.4, 0.5) is 4.39 Å². The Labute approximate surface area is 138 Å². The summed E-state index contributed by atoms with van der Waals surface area (Å²) in [5, 5.41) is 9.28. The van der Waals surface area contributed by atoms with Crippen LogP contribution in [0.15, 0.2) is 47.6 Å². The second-order valence-electron chi connectivity index (χ2n) is 6.06. The van der Waals surface area contributed by atoms with Crippen molar-refractivity contribution in [3.05, 3.63) is 59.0 Å². The van der Waals surface area contributed by atoms with Crippen molar-refractivity contribution in [1.29, 1.82) is 0 Å². The normalized spacial score (nSPS) is 18.1. The Morgan fingerprint density at radius 1 is 1.43 bits per heavy atom. The highest BCUT2D eigenvalue weighted by molar-refractivity contribution is 5.54. The summed E-state index contributed by atoms with van der Waals surface area (Å²) in [5.41, 5.74) is 4.33. The number of allylic oxidation sites excluding steroid dienone is 1. The maximum atomic E-state index is 13.5. The highest BCUT2D eigenvalue weighted by atomic mass is 19.1. The van der Waals surface area contributed by atoms with E-state index in [2.05, 4.69) is 19.6 Å². The van der Waals surface area contributed by atoms with Gasteiger partial charge >= 0.3 is 0 Å². The maximum Gasteiger partial charge on any atom is 0.165 e. The molecule has 0 radical (unpaired) electrons. The molecule has 2 rings (SSSR count). The number of hydrogen-bond acceptors (Lipinski definition) is 2. The van der Waals surface area contributed by atoms with E-state index in [0.29, 0.717) is 6.61 Å². The molecule has 23 heavy (non-hydrogen) atoms. The molecule has 0 fully saturated rings. The molecule has 3 heteroatoms. The predicted octanol–water partition coefficient (Wildman–Crippen LogP) is 5.40. The third-order valence-corrected chi connectivity index (χ3v) is 4.08. The van der Waals surface area contributed by atoms with E-state index >= 15 is 0 Å². The zero-order valence-electron chi connectivity index (χ0n) is 13.9. The lowest BCUT2D eigenvalue weighted by atomic mass is 9.95. The zero-order valence-corrected chi connectivity index (χ0v) is 13.9. The van der Waals surface area contributed by atoms with Crippen molar-refractivity contribution in [2.75, 3.05) is 6.61 Å². The molecule has 2 nitrogen and oxygen atoms in total. The molecule has 0 saturated heterocycles. The van der Waals surface area contributed by atoms with E-state index in [1.54, 1.807) is 6.07 Å². The van der Waals surface area contributed by atoms with Crippen molar-refractivity contribution in [1.82, 2.24) is 0 Å². The fourth-order valence-electron chi connectivity index (χ4n) is 2.92. The van der Waals surface area contributed by atoms with Gasteiger partial charge in [-0.15, -0.1) is 0 Å². The molecule has 1 heterocycles. The number of rotatable bonds is 7. The highest BCUT2D eigenvalue weighted by Crippen LogP contribution is 2.28. The standard InChI is InChI=1S/C20H25FO2/c1-4-5-15(12-16-6-8-19(22)18(21)13-16)7-9-20-17(14(2)3)10-11-23-20/h6,8,10,12-13,20,22H,2,4-5,7,9,11H2,1,3H3/b15-12+. The lowest BCUT2D eigenvalue weighted by Crippen LogP contribution is -2.11. The molecular formula is C20H25FO2. The summed E-state index contributed by atoms with van der Waals surface area (Å²) in [4.78, 5) is 0. The summed E-state index contributed by atoms with van der Waals surface area (Å²) < 4.78 is 19.2. The smallest absolute Gasteiger partial charge is 0.165 e. The molecule has 1 N–H and O–H groups in total. The number of aromatic hydroxyl groups is 1. The molecule has 1 atom stereocenters. The number of phenols is 1. The Morgan fingerprint density at radius 2 is 2.22 bits per heavy atom. The number of benzene rings is 1. The molecule has 0 aliphatic carbocycles. The van der Waals surface area contributed by atoms with Crippen molar-refractivity contribution in [2.45, 2.75) is 45.6 Å². The largest absolute Gasteiger partial charge is 0.505 e. The first kappa shape index (κ1) is 17.5. The maximum absolute atomic E-state index is 13.5. The van der Waals surface area contributed by atoms with Crippen LogP contribution in [0.25, 0.3) is 6.08 Å². The van der Waals surface area contributed by atoms with E-state index in [0.717, 1.165) is 36.8 Å². The minimum atomic E-state index is -0.582. The molecule has 1 unspecified atom stereocenters. The van der Waals surface area contributed by atoms with Crippen molar-refractivity contribution in [3.63, 3.8) is 0 Å². The van der Waals surface area contributed by atoms with Crippen molar-refractivity contribution in [3.8, 4) is 5.75 Å². The minimum absolute atomic E-state index is 0.115. The first-order valence-corrected chi connectivity index (χ1v) is 8.16. The van der Waals surface area contributed by atoms with Gasteiger partial charge in [-0.3, -0.25) is 0 Å². The second kappa shape index (κ2) is 8.11. The Morgan fingerprint density at radius 3 is 2.87 bits per heavy atom. The van der Waals surface area contributed by atoms with Gasteiger partial charge in [0.05, 0.1) is 12.7 Å².